The summed E-state index contributed by atoms with van der Waals surface area (Å²) in [6.45, 7) is 0. The van der Waals surface area contributed by atoms with Crippen LogP contribution in [0.2, 0.25) is 0 Å². The molecule has 3 heteroatoms. The van der Waals surface area contributed by atoms with Crippen molar-refractivity contribution < 1.29 is 9.90 Å². The fourth-order valence-corrected chi connectivity index (χ4v) is 3.58. The van der Waals surface area contributed by atoms with Crippen LogP contribution >= 0.6 is 11.8 Å². The first-order chi connectivity index (χ1) is 6.27. The monoisotopic (exact) mass is 200 g/mol. The van der Waals surface area contributed by atoms with E-state index in [1.165, 1.54) is 24.3 Å². The van der Waals surface area contributed by atoms with Crippen molar-refractivity contribution in [2.24, 2.45) is 17.8 Å². The Bertz CT molecular complexity index is 193. The summed E-state index contributed by atoms with van der Waals surface area (Å²) in [4.78, 5) is 10.6. The first-order valence-corrected chi connectivity index (χ1v) is 6.23. The number of thioether (sulfide) groups is 1. The molecule has 0 atom stereocenters. The van der Waals surface area contributed by atoms with Crippen LogP contribution in [0.25, 0.3) is 0 Å². The predicted octanol–water partition coefficient (Wildman–Crippen LogP) is 2.24. The van der Waals surface area contributed by atoms with Crippen LogP contribution in [0, 0.1) is 17.8 Å². The molecule has 1 N–H and O–H groups in total. The van der Waals surface area contributed by atoms with E-state index in [1.807, 2.05) is 11.8 Å². The van der Waals surface area contributed by atoms with Gasteiger partial charge in [0.15, 0.2) is 0 Å². The highest BCUT2D eigenvalue weighted by Crippen LogP contribution is 2.43. The first-order valence-electron chi connectivity index (χ1n) is 5.08. The van der Waals surface area contributed by atoms with Crippen molar-refractivity contribution >= 4 is 17.7 Å². The second-order valence-electron chi connectivity index (χ2n) is 4.22. The van der Waals surface area contributed by atoms with Gasteiger partial charge in [0.2, 0.25) is 0 Å². The Kier molecular flexibility index (Phi) is 2.82. The number of aliphatic carboxylic acids is 1. The molecule has 74 valence electrons. The van der Waals surface area contributed by atoms with Crippen LogP contribution in [0.1, 0.15) is 25.7 Å². The van der Waals surface area contributed by atoms with Crippen LogP contribution in [0.5, 0.6) is 0 Å². The van der Waals surface area contributed by atoms with Crippen molar-refractivity contribution in [3.05, 3.63) is 0 Å². The summed E-state index contributed by atoms with van der Waals surface area (Å²) in [6, 6.07) is 0. The molecule has 0 unspecified atom stereocenters. The Labute approximate surface area is 83.1 Å². The van der Waals surface area contributed by atoms with E-state index in [9.17, 15) is 4.79 Å². The molecule has 0 amide bonds. The predicted molar refractivity (Wildman–Crippen MR) is 53.9 cm³/mol. The maximum atomic E-state index is 10.6. The Hall–Kier alpha value is -0.180. The van der Waals surface area contributed by atoms with Crippen molar-refractivity contribution in [3.63, 3.8) is 0 Å². The minimum absolute atomic E-state index is 0.0143. The zero-order chi connectivity index (χ0) is 9.26. The second-order valence-corrected chi connectivity index (χ2v) is 5.44. The van der Waals surface area contributed by atoms with Gasteiger partial charge in [-0.25, -0.2) is 0 Å². The van der Waals surface area contributed by atoms with Crippen molar-refractivity contribution in [3.8, 4) is 0 Å². The number of hydrogen-bond acceptors (Lipinski definition) is 2. The zero-order valence-electron chi connectivity index (χ0n) is 7.74. The Morgan fingerprint density at radius 1 is 1.15 bits per heavy atom. The van der Waals surface area contributed by atoms with Crippen molar-refractivity contribution in [1.29, 1.82) is 0 Å². The highest BCUT2D eigenvalue weighted by molar-refractivity contribution is 7.99. The van der Waals surface area contributed by atoms with Crippen LogP contribution in [0.15, 0.2) is 0 Å². The minimum atomic E-state index is -0.582. The van der Waals surface area contributed by atoms with Gasteiger partial charge in [-0.3, -0.25) is 4.79 Å². The normalized spacial score (nSPS) is 35.4. The van der Waals surface area contributed by atoms with Crippen LogP contribution in [0.3, 0.4) is 0 Å². The number of rotatable bonds is 2. The lowest BCUT2D eigenvalue weighted by Gasteiger charge is -2.39. The largest absolute Gasteiger partial charge is 0.481 e. The smallest absolute Gasteiger partial charge is 0.306 e. The molecule has 13 heavy (non-hydrogen) atoms. The third-order valence-corrected chi connectivity index (χ3v) is 4.51. The zero-order valence-corrected chi connectivity index (χ0v) is 8.55. The molecule has 0 bridgehead atoms. The molecule has 2 aliphatic rings. The maximum Gasteiger partial charge on any atom is 0.306 e. The van der Waals surface area contributed by atoms with Gasteiger partial charge in [-0.1, -0.05) is 0 Å². The summed E-state index contributed by atoms with van der Waals surface area (Å²) >= 11 is 2.04. The van der Waals surface area contributed by atoms with Gasteiger partial charge in [-0.15, -0.1) is 0 Å². The average Bonchev–Trinajstić information content (AvgIpc) is 2.02. The lowest BCUT2D eigenvalue weighted by Crippen LogP contribution is -2.36. The lowest BCUT2D eigenvalue weighted by atomic mass is 9.67. The molecule has 1 saturated heterocycles. The molecule has 0 aromatic rings. The summed E-state index contributed by atoms with van der Waals surface area (Å²) in [7, 11) is 0. The van der Waals surface area contributed by atoms with Gasteiger partial charge in [-0.05, 0) is 49.0 Å². The van der Waals surface area contributed by atoms with Gasteiger partial charge in [-0.2, -0.15) is 11.8 Å². The summed E-state index contributed by atoms with van der Waals surface area (Å²) < 4.78 is 0. The molecule has 1 heterocycles. The van der Waals surface area contributed by atoms with Crippen LogP contribution in [0.4, 0.5) is 0 Å². The van der Waals surface area contributed by atoms with Gasteiger partial charge in [0.1, 0.15) is 0 Å². The molecule has 1 aliphatic heterocycles. The molecule has 0 radical (unpaired) electrons. The lowest BCUT2D eigenvalue weighted by molar-refractivity contribution is -0.147. The molecule has 0 spiro atoms. The SMILES string of the molecule is O=C(O)C1CC(C2CCSCC2)C1. The van der Waals surface area contributed by atoms with E-state index in [-0.39, 0.29) is 5.92 Å². The third kappa shape index (κ3) is 2.01. The van der Waals surface area contributed by atoms with Crippen LogP contribution < -0.4 is 0 Å². The molecule has 2 rings (SSSR count). The Balaban J connectivity index is 1.75. The van der Waals surface area contributed by atoms with Gasteiger partial charge >= 0.3 is 5.97 Å². The molecule has 0 aromatic heterocycles. The van der Waals surface area contributed by atoms with E-state index in [4.69, 9.17) is 5.11 Å². The number of carboxylic acids is 1. The molecule has 0 aromatic carbocycles. The molecular formula is C10H16O2S. The quantitative estimate of drug-likeness (QED) is 0.742. The summed E-state index contributed by atoms with van der Waals surface area (Å²) in [5, 5.41) is 8.75. The molecule has 2 nitrogen and oxygen atoms in total. The Morgan fingerprint density at radius 2 is 1.77 bits per heavy atom. The maximum absolute atomic E-state index is 10.6. The van der Waals surface area contributed by atoms with Gasteiger partial charge in [0, 0.05) is 0 Å². The van der Waals surface area contributed by atoms with E-state index in [1.54, 1.807) is 0 Å². The summed E-state index contributed by atoms with van der Waals surface area (Å²) in [6.07, 6.45) is 4.54. The molecule has 2 fully saturated rings. The third-order valence-electron chi connectivity index (χ3n) is 3.46. The Morgan fingerprint density at radius 3 is 2.31 bits per heavy atom. The number of carboxylic acid groups (broad SMARTS) is 1. The van der Waals surface area contributed by atoms with Gasteiger partial charge in [0.05, 0.1) is 5.92 Å². The van der Waals surface area contributed by atoms with Crippen molar-refractivity contribution in [2.45, 2.75) is 25.7 Å². The minimum Gasteiger partial charge on any atom is -0.481 e. The molecule has 1 saturated carbocycles. The van der Waals surface area contributed by atoms with Crippen LogP contribution in [-0.4, -0.2) is 22.6 Å². The molecule has 1 aliphatic carbocycles. The van der Waals surface area contributed by atoms with E-state index < -0.39 is 5.97 Å². The van der Waals surface area contributed by atoms with E-state index in [0.717, 1.165) is 24.7 Å². The van der Waals surface area contributed by atoms with Gasteiger partial charge < -0.3 is 5.11 Å². The highest BCUT2D eigenvalue weighted by atomic mass is 32.2. The fourth-order valence-electron chi connectivity index (χ4n) is 2.44. The standard InChI is InChI=1S/C10H16O2S/c11-10(12)9-5-8(6-9)7-1-3-13-4-2-7/h7-9H,1-6H2,(H,11,12). The van der Waals surface area contributed by atoms with Crippen LogP contribution in [-0.2, 0) is 4.79 Å². The van der Waals surface area contributed by atoms with E-state index in [2.05, 4.69) is 0 Å². The van der Waals surface area contributed by atoms with E-state index in [0.29, 0.717) is 0 Å². The second kappa shape index (κ2) is 3.91. The number of carbonyl (C=O) groups is 1. The molecular weight excluding hydrogens is 184 g/mol. The topological polar surface area (TPSA) is 37.3 Å². The highest BCUT2D eigenvalue weighted by Gasteiger charge is 2.38. The van der Waals surface area contributed by atoms with Gasteiger partial charge in [0.25, 0.3) is 0 Å². The van der Waals surface area contributed by atoms with Crippen molar-refractivity contribution in [1.82, 2.24) is 0 Å². The van der Waals surface area contributed by atoms with Crippen molar-refractivity contribution in [2.75, 3.05) is 11.5 Å². The van der Waals surface area contributed by atoms with E-state index >= 15 is 0 Å². The summed E-state index contributed by atoms with van der Waals surface area (Å²) in [5.74, 6) is 3.57. The summed E-state index contributed by atoms with van der Waals surface area (Å²) in [5.41, 5.74) is 0. The fraction of sp³-hybridized carbons (Fsp3) is 0.900. The number of hydrogen-bond donors (Lipinski definition) is 1. The average molecular weight is 200 g/mol. The first kappa shape index (κ1) is 9.38.